The summed E-state index contributed by atoms with van der Waals surface area (Å²) in [6.07, 6.45) is 5.92. The van der Waals surface area contributed by atoms with E-state index in [1.165, 1.54) is 37.0 Å². The predicted octanol–water partition coefficient (Wildman–Crippen LogP) is 7.76. The monoisotopic (exact) mass is 384 g/mol. The second-order valence-corrected chi connectivity index (χ2v) is 6.92. The number of halogens is 3. The molecule has 0 fully saturated rings. The van der Waals surface area contributed by atoms with Crippen molar-refractivity contribution in [3.63, 3.8) is 0 Å². The maximum atomic E-state index is 14.2. The zero-order valence-electron chi connectivity index (χ0n) is 16.6. The van der Waals surface area contributed by atoms with Gasteiger partial charge in [-0.05, 0) is 55.2 Å². The van der Waals surface area contributed by atoms with Gasteiger partial charge in [0.1, 0.15) is 11.6 Å². The number of unbranched alkanes of at least 4 members (excludes halogenated alkanes) is 3. The zero-order valence-corrected chi connectivity index (χ0v) is 16.6. The maximum Gasteiger partial charge on any atom is 0.164 e. The van der Waals surface area contributed by atoms with E-state index in [0.29, 0.717) is 12.0 Å². The van der Waals surface area contributed by atoms with E-state index in [9.17, 15) is 13.2 Å². The van der Waals surface area contributed by atoms with Crippen LogP contribution in [0.4, 0.5) is 13.2 Å². The molecule has 0 aliphatic carbocycles. The van der Waals surface area contributed by atoms with E-state index in [4.69, 9.17) is 0 Å². The maximum absolute atomic E-state index is 14.2. The lowest BCUT2D eigenvalue weighted by Gasteiger charge is -2.03. The standard InChI is InChI=1S/C25H27F3/c1-3-5-7-8-19-10-12-20(13-11-19)14-15-21-16-17-22(24(27)18-21)25(28)23(26)9-6-4-2/h10-13,16-18H,3-9H2,1-2H3. The largest absolute Gasteiger partial charge is 0.209 e. The Morgan fingerprint density at radius 2 is 1.46 bits per heavy atom. The molecule has 0 spiro atoms. The molecule has 0 aliphatic heterocycles. The van der Waals surface area contributed by atoms with Crippen molar-refractivity contribution in [1.82, 2.24) is 0 Å². The minimum Gasteiger partial charge on any atom is -0.209 e. The summed E-state index contributed by atoms with van der Waals surface area (Å²) >= 11 is 0. The van der Waals surface area contributed by atoms with Crippen molar-refractivity contribution < 1.29 is 13.2 Å². The Morgan fingerprint density at radius 1 is 0.821 bits per heavy atom. The van der Waals surface area contributed by atoms with Gasteiger partial charge in [0, 0.05) is 23.1 Å². The van der Waals surface area contributed by atoms with E-state index >= 15 is 0 Å². The first kappa shape index (κ1) is 21.8. The molecule has 0 heterocycles. The van der Waals surface area contributed by atoms with Crippen LogP contribution in [0.2, 0.25) is 0 Å². The minimum absolute atomic E-state index is 0.0161. The van der Waals surface area contributed by atoms with Crippen molar-refractivity contribution in [2.24, 2.45) is 0 Å². The van der Waals surface area contributed by atoms with Crippen LogP contribution in [0.25, 0.3) is 5.83 Å². The second kappa shape index (κ2) is 11.4. The van der Waals surface area contributed by atoms with Crippen LogP contribution in [0.3, 0.4) is 0 Å². The SMILES string of the molecule is CCCCCc1ccc(C#Cc2ccc(C(F)=C(F)CCCC)c(F)c2)cc1. The van der Waals surface area contributed by atoms with Gasteiger partial charge in [0.2, 0.25) is 0 Å². The molecule has 0 aromatic heterocycles. The third-order valence-electron chi connectivity index (χ3n) is 4.57. The molecule has 28 heavy (non-hydrogen) atoms. The first-order chi connectivity index (χ1) is 13.5. The summed E-state index contributed by atoms with van der Waals surface area (Å²) in [4.78, 5) is 0. The molecular weight excluding hydrogens is 357 g/mol. The molecule has 0 radical (unpaired) electrons. The zero-order chi connectivity index (χ0) is 20.4. The Labute approximate surface area is 166 Å². The third-order valence-corrected chi connectivity index (χ3v) is 4.57. The minimum atomic E-state index is -1.12. The smallest absolute Gasteiger partial charge is 0.164 e. The number of benzene rings is 2. The summed E-state index contributed by atoms with van der Waals surface area (Å²) < 4.78 is 42.0. The topological polar surface area (TPSA) is 0 Å². The highest BCUT2D eigenvalue weighted by Crippen LogP contribution is 2.27. The summed E-state index contributed by atoms with van der Waals surface area (Å²) in [6.45, 7) is 4.07. The van der Waals surface area contributed by atoms with E-state index in [2.05, 4.69) is 30.9 Å². The number of aryl methyl sites for hydroxylation is 1. The van der Waals surface area contributed by atoms with Gasteiger partial charge >= 0.3 is 0 Å². The van der Waals surface area contributed by atoms with Crippen molar-refractivity contribution in [2.45, 2.75) is 58.8 Å². The van der Waals surface area contributed by atoms with Gasteiger partial charge < -0.3 is 0 Å². The molecule has 3 heteroatoms. The van der Waals surface area contributed by atoms with E-state index in [1.54, 1.807) is 0 Å². The molecule has 0 atom stereocenters. The number of allylic oxidation sites excluding steroid dienone is 1. The molecule has 0 N–H and O–H groups in total. The van der Waals surface area contributed by atoms with Crippen molar-refractivity contribution in [3.8, 4) is 11.8 Å². The lowest BCUT2D eigenvalue weighted by molar-refractivity contribution is 0.542. The lowest BCUT2D eigenvalue weighted by atomic mass is 10.0. The summed E-state index contributed by atoms with van der Waals surface area (Å²) in [5, 5.41) is 0. The van der Waals surface area contributed by atoms with Crippen LogP contribution in [-0.2, 0) is 6.42 Å². The fourth-order valence-electron chi connectivity index (χ4n) is 2.84. The fraction of sp³-hybridized carbons (Fsp3) is 0.360. The Balaban J connectivity index is 2.09. The molecule has 148 valence electrons. The first-order valence-corrected chi connectivity index (χ1v) is 10.00. The molecule has 0 aliphatic rings. The summed E-state index contributed by atoms with van der Waals surface area (Å²) in [6, 6.07) is 11.9. The molecular formula is C25H27F3. The quantitative estimate of drug-likeness (QED) is 0.322. The van der Waals surface area contributed by atoms with E-state index in [1.807, 2.05) is 19.1 Å². The lowest BCUT2D eigenvalue weighted by Crippen LogP contribution is -1.91. The van der Waals surface area contributed by atoms with Gasteiger partial charge in [0.15, 0.2) is 5.83 Å². The van der Waals surface area contributed by atoms with Gasteiger partial charge in [-0.25, -0.2) is 13.2 Å². The summed E-state index contributed by atoms with van der Waals surface area (Å²) in [7, 11) is 0. The molecule has 2 aromatic carbocycles. The van der Waals surface area contributed by atoms with Gasteiger partial charge in [-0.1, -0.05) is 57.1 Å². The Hall–Kier alpha value is -2.47. The van der Waals surface area contributed by atoms with Crippen molar-refractivity contribution in [1.29, 1.82) is 0 Å². The highest BCUT2D eigenvalue weighted by Gasteiger charge is 2.13. The van der Waals surface area contributed by atoms with Crippen LogP contribution in [0.5, 0.6) is 0 Å². The first-order valence-electron chi connectivity index (χ1n) is 10.00. The molecule has 0 bridgehead atoms. The van der Waals surface area contributed by atoms with Crippen molar-refractivity contribution >= 4 is 5.83 Å². The van der Waals surface area contributed by atoms with Gasteiger partial charge in [0.05, 0.1) is 0 Å². The normalized spacial score (nSPS) is 11.6. The Morgan fingerprint density at radius 3 is 2.11 bits per heavy atom. The van der Waals surface area contributed by atoms with E-state index in [-0.39, 0.29) is 12.0 Å². The average molecular weight is 384 g/mol. The van der Waals surface area contributed by atoms with Crippen LogP contribution in [-0.4, -0.2) is 0 Å². The van der Waals surface area contributed by atoms with Crippen LogP contribution >= 0.6 is 0 Å². The number of hydrogen-bond acceptors (Lipinski definition) is 0. The molecule has 0 saturated carbocycles. The summed E-state index contributed by atoms with van der Waals surface area (Å²) in [5.41, 5.74) is 2.19. The van der Waals surface area contributed by atoms with Crippen molar-refractivity contribution in [2.75, 3.05) is 0 Å². The molecule has 2 aromatic rings. The van der Waals surface area contributed by atoms with E-state index < -0.39 is 17.5 Å². The molecule has 0 amide bonds. The van der Waals surface area contributed by atoms with Gasteiger partial charge in [-0.2, -0.15) is 0 Å². The summed E-state index contributed by atoms with van der Waals surface area (Å²) in [5.74, 6) is 3.04. The van der Waals surface area contributed by atoms with Crippen LogP contribution in [0.15, 0.2) is 48.3 Å². The van der Waals surface area contributed by atoms with Crippen LogP contribution in [0, 0.1) is 17.7 Å². The van der Waals surface area contributed by atoms with Gasteiger partial charge in [0.25, 0.3) is 0 Å². The van der Waals surface area contributed by atoms with Gasteiger partial charge in [-0.3, -0.25) is 0 Å². The highest BCUT2D eigenvalue weighted by atomic mass is 19.2. The molecule has 0 nitrogen and oxygen atoms in total. The molecule has 0 saturated heterocycles. The number of rotatable bonds is 8. The Bertz CT molecular complexity index is 852. The average Bonchev–Trinajstić information content (AvgIpc) is 2.71. The van der Waals surface area contributed by atoms with Crippen molar-refractivity contribution in [3.05, 3.63) is 76.4 Å². The van der Waals surface area contributed by atoms with Crippen LogP contribution in [0.1, 0.15) is 74.6 Å². The molecule has 0 unspecified atom stereocenters. The fourth-order valence-corrected chi connectivity index (χ4v) is 2.84. The van der Waals surface area contributed by atoms with E-state index in [0.717, 1.165) is 24.5 Å². The predicted molar refractivity (Wildman–Crippen MR) is 111 cm³/mol. The Kier molecular flexibility index (Phi) is 8.88. The molecule has 2 rings (SSSR count). The number of hydrogen-bond donors (Lipinski definition) is 0. The third kappa shape index (κ3) is 6.60. The highest BCUT2D eigenvalue weighted by molar-refractivity contribution is 5.62. The van der Waals surface area contributed by atoms with Gasteiger partial charge in [-0.15, -0.1) is 0 Å². The van der Waals surface area contributed by atoms with Crippen LogP contribution < -0.4 is 0 Å². The second-order valence-electron chi connectivity index (χ2n) is 6.92.